The first kappa shape index (κ1) is 10.5. The van der Waals surface area contributed by atoms with Crippen molar-refractivity contribution in [3.63, 3.8) is 0 Å². The summed E-state index contributed by atoms with van der Waals surface area (Å²) in [6, 6.07) is 10.4. The molecule has 5 nitrogen and oxygen atoms in total. The molecule has 2 heterocycles. The fourth-order valence-corrected chi connectivity index (χ4v) is 1.96. The number of nitrogens with zero attached hydrogens (tertiary/aromatic N) is 3. The number of nitro benzene ring substituents is 1. The smallest absolute Gasteiger partial charge is 0.271 e. The largest absolute Gasteiger partial charge is 0.316 e. The van der Waals surface area contributed by atoms with Crippen molar-refractivity contribution in [2.45, 2.75) is 0 Å². The SMILES string of the molecule is O=[N+]([O-])c1cccc(-n2ccc3cnccc32)c1. The Balaban J connectivity index is 2.20. The van der Waals surface area contributed by atoms with Gasteiger partial charge in [-0.05, 0) is 18.2 Å². The predicted octanol–water partition coefficient (Wildman–Crippen LogP) is 2.93. The molecule has 0 saturated heterocycles. The summed E-state index contributed by atoms with van der Waals surface area (Å²) in [5, 5.41) is 11.8. The first-order chi connectivity index (χ1) is 8.75. The number of fused-ring (bicyclic) bond motifs is 1. The molecule has 0 aliphatic heterocycles. The van der Waals surface area contributed by atoms with E-state index in [2.05, 4.69) is 4.98 Å². The molecule has 88 valence electrons. The highest BCUT2D eigenvalue weighted by Crippen LogP contribution is 2.22. The Morgan fingerprint density at radius 3 is 2.94 bits per heavy atom. The Labute approximate surface area is 102 Å². The Morgan fingerprint density at radius 2 is 2.11 bits per heavy atom. The van der Waals surface area contributed by atoms with Gasteiger partial charge in [0.15, 0.2) is 0 Å². The van der Waals surface area contributed by atoms with Crippen molar-refractivity contribution >= 4 is 16.6 Å². The van der Waals surface area contributed by atoms with Crippen molar-refractivity contribution in [2.24, 2.45) is 0 Å². The molecule has 0 fully saturated rings. The minimum absolute atomic E-state index is 0.0865. The molecule has 0 N–H and O–H groups in total. The molecule has 5 heteroatoms. The lowest BCUT2D eigenvalue weighted by atomic mass is 10.2. The average Bonchev–Trinajstić information content (AvgIpc) is 2.82. The van der Waals surface area contributed by atoms with Crippen molar-refractivity contribution < 1.29 is 4.92 Å². The molecule has 3 aromatic rings. The number of hydrogen-bond donors (Lipinski definition) is 0. The van der Waals surface area contributed by atoms with Gasteiger partial charge in [-0.3, -0.25) is 15.1 Å². The van der Waals surface area contributed by atoms with E-state index in [1.54, 1.807) is 24.5 Å². The summed E-state index contributed by atoms with van der Waals surface area (Å²) in [5.41, 5.74) is 1.83. The molecule has 0 aliphatic carbocycles. The molecule has 0 radical (unpaired) electrons. The Kier molecular flexibility index (Phi) is 2.30. The fraction of sp³-hybridized carbons (Fsp3) is 0. The number of hydrogen-bond acceptors (Lipinski definition) is 3. The zero-order valence-electron chi connectivity index (χ0n) is 9.35. The van der Waals surface area contributed by atoms with E-state index in [0.717, 1.165) is 16.6 Å². The number of benzene rings is 1. The van der Waals surface area contributed by atoms with E-state index in [9.17, 15) is 10.1 Å². The van der Waals surface area contributed by atoms with Crippen LogP contribution in [0.15, 0.2) is 55.0 Å². The molecule has 0 bridgehead atoms. The average molecular weight is 239 g/mol. The topological polar surface area (TPSA) is 61.0 Å². The van der Waals surface area contributed by atoms with Gasteiger partial charge in [0.1, 0.15) is 0 Å². The first-order valence-corrected chi connectivity index (χ1v) is 5.41. The second-order valence-electron chi connectivity index (χ2n) is 3.90. The molecule has 0 saturated carbocycles. The van der Waals surface area contributed by atoms with Crippen molar-refractivity contribution in [1.29, 1.82) is 0 Å². The summed E-state index contributed by atoms with van der Waals surface area (Å²) < 4.78 is 1.91. The second-order valence-corrected chi connectivity index (χ2v) is 3.90. The highest BCUT2D eigenvalue weighted by molar-refractivity contribution is 5.80. The maximum atomic E-state index is 10.8. The third-order valence-electron chi connectivity index (χ3n) is 2.81. The zero-order valence-corrected chi connectivity index (χ0v) is 9.35. The normalized spacial score (nSPS) is 10.7. The maximum Gasteiger partial charge on any atom is 0.271 e. The van der Waals surface area contributed by atoms with Crippen molar-refractivity contribution in [1.82, 2.24) is 9.55 Å². The molecular weight excluding hydrogens is 230 g/mol. The van der Waals surface area contributed by atoms with E-state index in [1.165, 1.54) is 6.07 Å². The number of rotatable bonds is 2. The third kappa shape index (κ3) is 1.62. The molecule has 0 unspecified atom stereocenters. The van der Waals surface area contributed by atoms with E-state index in [1.807, 2.05) is 29.0 Å². The predicted molar refractivity (Wildman–Crippen MR) is 67.7 cm³/mol. The van der Waals surface area contributed by atoms with E-state index >= 15 is 0 Å². The van der Waals surface area contributed by atoms with Crippen LogP contribution in [0.2, 0.25) is 0 Å². The van der Waals surface area contributed by atoms with Gasteiger partial charge in [-0.1, -0.05) is 6.07 Å². The number of non-ortho nitro benzene ring substituents is 1. The Morgan fingerprint density at radius 1 is 1.22 bits per heavy atom. The fourth-order valence-electron chi connectivity index (χ4n) is 1.96. The van der Waals surface area contributed by atoms with Gasteiger partial charge in [0.25, 0.3) is 5.69 Å². The van der Waals surface area contributed by atoms with Crippen molar-refractivity contribution in [3.8, 4) is 5.69 Å². The van der Waals surface area contributed by atoms with Gasteiger partial charge in [0, 0.05) is 36.1 Å². The van der Waals surface area contributed by atoms with Gasteiger partial charge >= 0.3 is 0 Å². The van der Waals surface area contributed by atoms with Crippen molar-refractivity contribution in [3.05, 3.63) is 65.1 Å². The van der Waals surface area contributed by atoms with Crippen LogP contribution < -0.4 is 0 Å². The number of nitro groups is 1. The lowest BCUT2D eigenvalue weighted by Gasteiger charge is -2.04. The number of pyridine rings is 1. The van der Waals surface area contributed by atoms with Crippen LogP contribution in [0.1, 0.15) is 0 Å². The zero-order chi connectivity index (χ0) is 12.5. The van der Waals surface area contributed by atoms with E-state index < -0.39 is 4.92 Å². The van der Waals surface area contributed by atoms with Crippen LogP contribution in [0.4, 0.5) is 5.69 Å². The third-order valence-corrected chi connectivity index (χ3v) is 2.81. The lowest BCUT2D eigenvalue weighted by Crippen LogP contribution is -1.94. The summed E-state index contributed by atoms with van der Waals surface area (Å²) in [6.07, 6.45) is 5.35. The maximum absolute atomic E-state index is 10.8. The Hall–Kier alpha value is -2.69. The van der Waals surface area contributed by atoms with Crippen LogP contribution in [0.3, 0.4) is 0 Å². The van der Waals surface area contributed by atoms with Crippen LogP contribution >= 0.6 is 0 Å². The van der Waals surface area contributed by atoms with Crippen LogP contribution in [0.25, 0.3) is 16.6 Å². The van der Waals surface area contributed by atoms with E-state index in [4.69, 9.17) is 0 Å². The monoisotopic (exact) mass is 239 g/mol. The minimum atomic E-state index is -0.392. The summed E-state index contributed by atoms with van der Waals surface area (Å²) in [4.78, 5) is 14.4. The van der Waals surface area contributed by atoms with Gasteiger partial charge in [-0.15, -0.1) is 0 Å². The molecule has 18 heavy (non-hydrogen) atoms. The van der Waals surface area contributed by atoms with Gasteiger partial charge in [0.05, 0.1) is 16.1 Å². The molecular formula is C13H9N3O2. The highest BCUT2D eigenvalue weighted by Gasteiger charge is 2.08. The molecule has 0 aliphatic rings. The first-order valence-electron chi connectivity index (χ1n) is 5.41. The highest BCUT2D eigenvalue weighted by atomic mass is 16.6. The van der Waals surface area contributed by atoms with Gasteiger partial charge in [-0.25, -0.2) is 0 Å². The lowest BCUT2D eigenvalue weighted by molar-refractivity contribution is -0.384. The van der Waals surface area contributed by atoms with E-state index in [0.29, 0.717) is 0 Å². The van der Waals surface area contributed by atoms with Crippen LogP contribution in [-0.2, 0) is 0 Å². The molecule has 0 atom stereocenters. The molecule has 3 rings (SSSR count). The molecule has 0 amide bonds. The van der Waals surface area contributed by atoms with Gasteiger partial charge in [0.2, 0.25) is 0 Å². The molecule has 1 aromatic carbocycles. The summed E-state index contributed by atoms with van der Waals surface area (Å²) in [5.74, 6) is 0. The van der Waals surface area contributed by atoms with Crippen LogP contribution in [-0.4, -0.2) is 14.5 Å². The minimum Gasteiger partial charge on any atom is -0.316 e. The van der Waals surface area contributed by atoms with Crippen molar-refractivity contribution in [2.75, 3.05) is 0 Å². The molecule has 0 spiro atoms. The quantitative estimate of drug-likeness (QED) is 0.510. The standard InChI is InChI=1S/C13H9N3O2/c17-16(18)12-3-1-2-11(8-12)15-7-5-10-9-14-6-4-13(10)15/h1-9H. The summed E-state index contributed by atoms with van der Waals surface area (Å²) in [7, 11) is 0. The van der Waals surface area contributed by atoms with Gasteiger partial charge < -0.3 is 4.57 Å². The summed E-state index contributed by atoms with van der Waals surface area (Å²) in [6.45, 7) is 0. The second kappa shape index (κ2) is 3.96. The van der Waals surface area contributed by atoms with Crippen LogP contribution in [0, 0.1) is 10.1 Å². The van der Waals surface area contributed by atoms with Crippen LogP contribution in [0.5, 0.6) is 0 Å². The Bertz CT molecular complexity index is 734. The van der Waals surface area contributed by atoms with E-state index in [-0.39, 0.29) is 5.69 Å². The summed E-state index contributed by atoms with van der Waals surface area (Å²) >= 11 is 0. The molecule has 2 aromatic heterocycles. The van der Waals surface area contributed by atoms with Gasteiger partial charge in [-0.2, -0.15) is 0 Å². The number of aromatic nitrogens is 2.